The molecule has 0 unspecified atom stereocenters. The van der Waals surface area contributed by atoms with Gasteiger partial charge in [-0.2, -0.15) is 0 Å². The fraction of sp³-hybridized carbons (Fsp3) is 0.353. The van der Waals surface area contributed by atoms with Crippen LogP contribution in [0.5, 0.6) is 11.5 Å². The molecule has 124 valence electrons. The first kappa shape index (κ1) is 14.7. The van der Waals surface area contributed by atoms with Crippen LogP contribution in [0, 0.1) is 0 Å². The number of amides is 1. The molecule has 7 heteroatoms. The maximum absolute atomic E-state index is 12.2. The lowest BCUT2D eigenvalue weighted by molar-refractivity contribution is 0.0951. The molecule has 7 nitrogen and oxygen atoms in total. The standard InChI is InChI=1S/C17H17N3O4/c21-16-8-13(11-1-2-11)19-9-20(16)6-5-18-17(22)12-3-4-14-15(7-12)24-10-23-14/h3-4,7-9,11H,1-2,5-6,10H2,(H,18,22). The molecule has 1 amide bonds. The number of hydrogen-bond donors (Lipinski definition) is 1. The fourth-order valence-electron chi connectivity index (χ4n) is 2.64. The van der Waals surface area contributed by atoms with E-state index in [9.17, 15) is 9.59 Å². The molecule has 1 fully saturated rings. The number of hydrogen-bond acceptors (Lipinski definition) is 5. The Bertz CT molecular complexity index is 842. The third kappa shape index (κ3) is 2.97. The second-order valence-corrected chi connectivity index (χ2v) is 5.94. The first-order valence-electron chi connectivity index (χ1n) is 7.95. The van der Waals surface area contributed by atoms with Gasteiger partial charge in [0.1, 0.15) is 0 Å². The van der Waals surface area contributed by atoms with Crippen molar-refractivity contribution in [3.8, 4) is 11.5 Å². The zero-order chi connectivity index (χ0) is 16.5. The van der Waals surface area contributed by atoms with Crippen molar-refractivity contribution in [1.29, 1.82) is 0 Å². The number of ether oxygens (including phenoxy) is 2. The largest absolute Gasteiger partial charge is 0.454 e. The van der Waals surface area contributed by atoms with Crippen LogP contribution >= 0.6 is 0 Å². The molecule has 0 radical (unpaired) electrons. The topological polar surface area (TPSA) is 82.5 Å². The van der Waals surface area contributed by atoms with E-state index in [-0.39, 0.29) is 18.3 Å². The monoisotopic (exact) mass is 327 g/mol. The Morgan fingerprint density at radius 2 is 2.08 bits per heavy atom. The second-order valence-electron chi connectivity index (χ2n) is 5.94. The van der Waals surface area contributed by atoms with Crippen molar-refractivity contribution in [2.75, 3.05) is 13.3 Å². The van der Waals surface area contributed by atoms with Crippen molar-refractivity contribution < 1.29 is 14.3 Å². The summed E-state index contributed by atoms with van der Waals surface area (Å²) in [6.07, 6.45) is 3.78. The lowest BCUT2D eigenvalue weighted by Gasteiger charge is -2.08. The highest BCUT2D eigenvalue weighted by Gasteiger charge is 2.25. The molecule has 0 bridgehead atoms. The van der Waals surface area contributed by atoms with Crippen molar-refractivity contribution in [1.82, 2.24) is 14.9 Å². The quantitative estimate of drug-likeness (QED) is 0.894. The van der Waals surface area contributed by atoms with E-state index in [0.29, 0.717) is 36.1 Å². The van der Waals surface area contributed by atoms with E-state index >= 15 is 0 Å². The molecule has 0 atom stereocenters. The van der Waals surface area contributed by atoms with E-state index in [1.807, 2.05) is 0 Å². The van der Waals surface area contributed by atoms with Crippen LogP contribution in [-0.2, 0) is 6.54 Å². The van der Waals surface area contributed by atoms with Crippen LogP contribution in [-0.4, -0.2) is 28.8 Å². The van der Waals surface area contributed by atoms with Gasteiger partial charge in [0.15, 0.2) is 11.5 Å². The number of rotatable bonds is 5. The van der Waals surface area contributed by atoms with Gasteiger partial charge in [-0.3, -0.25) is 14.2 Å². The molecule has 2 heterocycles. The maximum atomic E-state index is 12.2. The van der Waals surface area contributed by atoms with Crippen LogP contribution in [0.1, 0.15) is 34.8 Å². The minimum absolute atomic E-state index is 0.0794. The summed E-state index contributed by atoms with van der Waals surface area (Å²) in [5.41, 5.74) is 1.29. The molecule has 4 rings (SSSR count). The smallest absolute Gasteiger partial charge is 0.253 e. The van der Waals surface area contributed by atoms with Crippen molar-refractivity contribution in [2.24, 2.45) is 0 Å². The summed E-state index contributed by atoms with van der Waals surface area (Å²) in [5.74, 6) is 1.45. The van der Waals surface area contributed by atoms with Gasteiger partial charge in [-0.15, -0.1) is 0 Å². The summed E-state index contributed by atoms with van der Waals surface area (Å²) >= 11 is 0. The van der Waals surface area contributed by atoms with Crippen LogP contribution in [0.4, 0.5) is 0 Å². The first-order valence-corrected chi connectivity index (χ1v) is 7.95. The van der Waals surface area contributed by atoms with Gasteiger partial charge >= 0.3 is 0 Å². The zero-order valence-electron chi connectivity index (χ0n) is 13.0. The average Bonchev–Trinajstić information content (AvgIpc) is 3.33. The van der Waals surface area contributed by atoms with Crippen molar-refractivity contribution in [3.05, 3.63) is 52.2 Å². The van der Waals surface area contributed by atoms with E-state index in [1.54, 1.807) is 30.6 Å². The molecule has 2 aliphatic rings. The van der Waals surface area contributed by atoms with Crippen LogP contribution < -0.4 is 20.3 Å². The molecule has 0 saturated heterocycles. The van der Waals surface area contributed by atoms with Crippen LogP contribution in [0.25, 0.3) is 0 Å². The zero-order valence-corrected chi connectivity index (χ0v) is 13.0. The Kier molecular flexibility index (Phi) is 3.68. The third-order valence-electron chi connectivity index (χ3n) is 4.17. The number of carbonyl (C=O) groups is 1. The third-order valence-corrected chi connectivity index (χ3v) is 4.17. The van der Waals surface area contributed by atoms with E-state index < -0.39 is 0 Å². The van der Waals surface area contributed by atoms with Gasteiger partial charge < -0.3 is 14.8 Å². The van der Waals surface area contributed by atoms with Crippen LogP contribution in [0.15, 0.2) is 35.4 Å². The number of carbonyl (C=O) groups excluding carboxylic acids is 1. The number of benzene rings is 1. The number of aromatic nitrogens is 2. The molecule has 1 aromatic heterocycles. The Hall–Kier alpha value is -2.83. The molecule has 1 saturated carbocycles. The molecular weight excluding hydrogens is 310 g/mol. The van der Waals surface area contributed by atoms with Crippen LogP contribution in [0.3, 0.4) is 0 Å². The van der Waals surface area contributed by atoms with Crippen LogP contribution in [0.2, 0.25) is 0 Å². The highest BCUT2D eigenvalue weighted by atomic mass is 16.7. The summed E-state index contributed by atoms with van der Waals surface area (Å²) in [5, 5.41) is 2.79. The number of nitrogens with zero attached hydrogens (tertiary/aromatic N) is 2. The summed E-state index contributed by atoms with van der Waals surface area (Å²) in [7, 11) is 0. The lowest BCUT2D eigenvalue weighted by atomic mass is 10.2. The Labute approximate surface area is 138 Å². The predicted molar refractivity (Wildman–Crippen MR) is 85.4 cm³/mol. The van der Waals surface area contributed by atoms with Crippen molar-refractivity contribution >= 4 is 5.91 Å². The summed E-state index contributed by atoms with van der Waals surface area (Å²) in [6, 6.07) is 6.64. The van der Waals surface area contributed by atoms with Crippen molar-refractivity contribution in [2.45, 2.75) is 25.3 Å². The van der Waals surface area contributed by atoms with Gasteiger partial charge in [-0.05, 0) is 31.0 Å². The molecule has 1 aliphatic carbocycles. The van der Waals surface area contributed by atoms with Gasteiger partial charge in [0.2, 0.25) is 6.79 Å². The normalized spacial score (nSPS) is 15.3. The van der Waals surface area contributed by atoms with Gasteiger partial charge in [0.25, 0.3) is 11.5 Å². The average molecular weight is 327 g/mol. The Balaban J connectivity index is 1.35. The predicted octanol–water partition coefficient (Wildman–Crippen LogP) is 1.28. The van der Waals surface area contributed by atoms with Gasteiger partial charge in [-0.1, -0.05) is 0 Å². The first-order chi connectivity index (χ1) is 11.7. The van der Waals surface area contributed by atoms with E-state index in [1.165, 1.54) is 4.57 Å². The van der Waals surface area contributed by atoms with Gasteiger partial charge in [0.05, 0.1) is 12.0 Å². The maximum Gasteiger partial charge on any atom is 0.253 e. The van der Waals surface area contributed by atoms with E-state index in [0.717, 1.165) is 18.5 Å². The number of fused-ring (bicyclic) bond motifs is 1. The van der Waals surface area contributed by atoms with Gasteiger partial charge in [-0.25, -0.2) is 4.98 Å². The van der Waals surface area contributed by atoms with Crippen molar-refractivity contribution in [3.63, 3.8) is 0 Å². The molecule has 24 heavy (non-hydrogen) atoms. The Morgan fingerprint density at radius 1 is 1.25 bits per heavy atom. The minimum Gasteiger partial charge on any atom is -0.454 e. The summed E-state index contributed by atoms with van der Waals surface area (Å²) in [6.45, 7) is 0.901. The minimum atomic E-state index is -0.219. The molecular formula is C17H17N3O4. The van der Waals surface area contributed by atoms with Gasteiger partial charge in [0, 0.05) is 30.6 Å². The van der Waals surface area contributed by atoms with E-state index in [4.69, 9.17) is 9.47 Å². The molecule has 1 aliphatic heterocycles. The number of nitrogens with one attached hydrogen (secondary N) is 1. The SMILES string of the molecule is O=C(NCCn1cnc(C2CC2)cc1=O)c1ccc2c(c1)OCO2. The highest BCUT2D eigenvalue weighted by molar-refractivity contribution is 5.94. The lowest BCUT2D eigenvalue weighted by Crippen LogP contribution is -2.31. The fourth-order valence-corrected chi connectivity index (χ4v) is 2.64. The molecule has 1 aromatic carbocycles. The summed E-state index contributed by atoms with van der Waals surface area (Å²) in [4.78, 5) is 28.5. The molecule has 0 spiro atoms. The second kappa shape index (κ2) is 5.99. The summed E-state index contributed by atoms with van der Waals surface area (Å²) < 4.78 is 12.0. The Morgan fingerprint density at radius 3 is 2.88 bits per heavy atom. The molecule has 1 N–H and O–H groups in total. The molecule has 2 aromatic rings. The van der Waals surface area contributed by atoms with E-state index in [2.05, 4.69) is 10.3 Å². The highest BCUT2D eigenvalue weighted by Crippen LogP contribution is 2.38.